The molecule has 0 aliphatic carbocycles. The molecule has 1 atom stereocenters. The van der Waals surface area contributed by atoms with E-state index in [-0.39, 0.29) is 17.9 Å². The van der Waals surface area contributed by atoms with Crippen LogP contribution in [-0.2, 0) is 16.1 Å². The molecule has 2 N–H and O–H groups in total. The van der Waals surface area contributed by atoms with Crippen LogP contribution in [0.15, 0.2) is 54.4 Å². The third kappa shape index (κ3) is 3.37. The number of halogens is 1. The zero-order valence-corrected chi connectivity index (χ0v) is 17.1. The summed E-state index contributed by atoms with van der Waals surface area (Å²) in [5.41, 5.74) is 2.97. The average molecular weight is 423 g/mol. The van der Waals surface area contributed by atoms with Crippen molar-refractivity contribution in [2.24, 2.45) is 0 Å². The number of nitrogens with zero attached hydrogens (tertiary/aromatic N) is 3. The Morgan fingerprint density at radius 3 is 2.67 bits per heavy atom. The smallest absolute Gasteiger partial charge is 0.295 e. The van der Waals surface area contributed by atoms with Crippen LogP contribution in [0.3, 0.4) is 0 Å². The predicted octanol–water partition coefficient (Wildman–Crippen LogP) is 3.70. The van der Waals surface area contributed by atoms with Crippen molar-refractivity contribution in [2.75, 3.05) is 0 Å². The summed E-state index contributed by atoms with van der Waals surface area (Å²) >= 11 is 6.19. The molecule has 3 aromatic rings. The van der Waals surface area contributed by atoms with Gasteiger partial charge >= 0.3 is 0 Å². The highest BCUT2D eigenvalue weighted by atomic mass is 35.5. The monoisotopic (exact) mass is 422 g/mol. The number of carbonyl (C=O) groups is 2. The number of carbonyl (C=O) groups excluding carboxylic acids is 2. The van der Waals surface area contributed by atoms with Crippen molar-refractivity contribution in [1.29, 1.82) is 0 Å². The lowest BCUT2D eigenvalue weighted by atomic mass is 9.94. The molecular weight excluding hydrogens is 404 g/mol. The van der Waals surface area contributed by atoms with Gasteiger partial charge in [0.05, 0.1) is 22.9 Å². The van der Waals surface area contributed by atoms with Crippen molar-refractivity contribution >= 4 is 29.1 Å². The summed E-state index contributed by atoms with van der Waals surface area (Å²) in [6.45, 7) is 3.63. The molecule has 1 unspecified atom stereocenters. The van der Waals surface area contributed by atoms with Crippen LogP contribution in [0.4, 0.5) is 0 Å². The number of benzene rings is 1. The van der Waals surface area contributed by atoms with Crippen molar-refractivity contribution in [2.45, 2.75) is 26.4 Å². The number of likely N-dealkylation sites (tertiary alicyclic amines) is 1. The van der Waals surface area contributed by atoms with Gasteiger partial charge in [0.1, 0.15) is 5.76 Å². The number of hydrogen-bond acceptors (Lipinski definition) is 5. The topological polar surface area (TPSA) is 99.2 Å². The highest BCUT2D eigenvalue weighted by Crippen LogP contribution is 2.41. The van der Waals surface area contributed by atoms with Gasteiger partial charge in [0.2, 0.25) is 0 Å². The first kappa shape index (κ1) is 19.8. The largest absolute Gasteiger partial charge is 0.507 e. The van der Waals surface area contributed by atoms with Crippen LogP contribution in [0.2, 0.25) is 5.02 Å². The quantitative estimate of drug-likeness (QED) is 0.379. The minimum absolute atomic E-state index is 0.0127. The van der Waals surface area contributed by atoms with Crippen LogP contribution in [0.25, 0.3) is 5.76 Å². The maximum Gasteiger partial charge on any atom is 0.295 e. The van der Waals surface area contributed by atoms with E-state index in [1.807, 2.05) is 6.07 Å². The molecule has 1 aliphatic rings. The highest BCUT2D eigenvalue weighted by Gasteiger charge is 2.46. The molecule has 1 aromatic carbocycles. The number of aromatic nitrogens is 3. The fourth-order valence-electron chi connectivity index (χ4n) is 3.79. The van der Waals surface area contributed by atoms with Gasteiger partial charge in [0.15, 0.2) is 0 Å². The number of amides is 1. The maximum absolute atomic E-state index is 13.0. The van der Waals surface area contributed by atoms with E-state index in [1.54, 1.807) is 56.6 Å². The highest BCUT2D eigenvalue weighted by molar-refractivity contribution is 6.46. The predicted molar refractivity (Wildman–Crippen MR) is 112 cm³/mol. The van der Waals surface area contributed by atoms with Gasteiger partial charge in [-0.3, -0.25) is 19.7 Å². The number of rotatable bonds is 4. The normalized spacial score (nSPS) is 18.2. The molecule has 0 radical (unpaired) electrons. The summed E-state index contributed by atoms with van der Waals surface area (Å²) in [4.78, 5) is 31.5. The number of Topliss-reactive ketones (excluding diaryl/α,β-unsaturated/α-hetero) is 1. The van der Waals surface area contributed by atoms with Gasteiger partial charge in [0, 0.05) is 29.7 Å². The Balaban J connectivity index is 1.91. The number of H-pyrrole nitrogens is 1. The molecule has 1 fully saturated rings. The van der Waals surface area contributed by atoms with E-state index in [0.29, 0.717) is 27.5 Å². The molecule has 1 saturated heterocycles. The maximum atomic E-state index is 13.0. The third-order valence-corrected chi connectivity index (χ3v) is 5.38. The van der Waals surface area contributed by atoms with Crippen molar-refractivity contribution in [1.82, 2.24) is 20.1 Å². The molecule has 1 aliphatic heterocycles. The van der Waals surface area contributed by atoms with E-state index in [4.69, 9.17) is 11.6 Å². The molecule has 1 amide bonds. The van der Waals surface area contributed by atoms with Crippen molar-refractivity contribution in [3.63, 3.8) is 0 Å². The van der Waals surface area contributed by atoms with E-state index in [2.05, 4.69) is 15.2 Å². The average Bonchev–Trinajstić information content (AvgIpc) is 3.19. The number of ketones is 1. The second kappa shape index (κ2) is 7.76. The minimum Gasteiger partial charge on any atom is -0.507 e. The van der Waals surface area contributed by atoms with E-state index in [9.17, 15) is 14.7 Å². The summed E-state index contributed by atoms with van der Waals surface area (Å²) in [5.74, 6) is -1.69. The molecular formula is C22H19ClN4O3. The van der Waals surface area contributed by atoms with Crippen molar-refractivity contribution in [3.8, 4) is 0 Å². The van der Waals surface area contributed by atoms with Gasteiger partial charge in [-0.2, -0.15) is 5.10 Å². The van der Waals surface area contributed by atoms with Gasteiger partial charge < -0.3 is 10.0 Å². The molecule has 2 aromatic heterocycles. The van der Waals surface area contributed by atoms with Gasteiger partial charge in [-0.25, -0.2) is 0 Å². The van der Waals surface area contributed by atoms with Gasteiger partial charge in [-0.05, 0) is 43.2 Å². The van der Waals surface area contributed by atoms with E-state index in [0.717, 1.165) is 5.56 Å². The zero-order valence-electron chi connectivity index (χ0n) is 16.4. The standard InChI is InChI=1S/C22H19ClN4O3/c1-12-17(13(2)26-25-12)20(28)18-19(15-6-3-7-16(23)9-15)27(22(30)21(18)29)11-14-5-4-8-24-10-14/h3-10,19,28H,11H2,1-2H3,(H,25,26)/b20-18+. The summed E-state index contributed by atoms with van der Waals surface area (Å²) < 4.78 is 0. The molecule has 0 saturated carbocycles. The van der Waals surface area contributed by atoms with Crippen LogP contribution >= 0.6 is 11.6 Å². The van der Waals surface area contributed by atoms with E-state index >= 15 is 0 Å². The first-order valence-corrected chi connectivity index (χ1v) is 9.71. The molecule has 0 spiro atoms. The van der Waals surface area contributed by atoms with Crippen molar-refractivity contribution < 1.29 is 14.7 Å². The summed E-state index contributed by atoms with van der Waals surface area (Å²) in [6, 6.07) is 9.72. The first-order valence-electron chi connectivity index (χ1n) is 9.33. The zero-order chi connectivity index (χ0) is 21.4. The fourth-order valence-corrected chi connectivity index (χ4v) is 3.99. The van der Waals surface area contributed by atoms with Crippen molar-refractivity contribution in [3.05, 3.63) is 87.5 Å². The minimum atomic E-state index is -0.794. The number of aryl methyl sites for hydroxylation is 2. The number of aliphatic hydroxyl groups is 1. The van der Waals surface area contributed by atoms with Crippen LogP contribution < -0.4 is 0 Å². The number of aromatic amines is 1. The number of hydrogen-bond donors (Lipinski definition) is 2. The lowest BCUT2D eigenvalue weighted by Crippen LogP contribution is -2.29. The van der Waals surface area contributed by atoms with Crippen LogP contribution in [0, 0.1) is 13.8 Å². The fraction of sp³-hybridized carbons (Fsp3) is 0.182. The summed E-state index contributed by atoms with van der Waals surface area (Å²) in [6.07, 6.45) is 3.27. The summed E-state index contributed by atoms with van der Waals surface area (Å²) in [5, 5.41) is 18.5. The molecule has 152 valence electrons. The SMILES string of the molecule is Cc1n[nH]c(C)c1/C(O)=C1\C(=O)C(=O)N(Cc2cccnc2)C1c1cccc(Cl)c1. The Morgan fingerprint density at radius 2 is 2.03 bits per heavy atom. The lowest BCUT2D eigenvalue weighted by molar-refractivity contribution is -0.140. The molecule has 4 rings (SSSR count). The Labute approximate surface area is 178 Å². The second-order valence-corrected chi connectivity index (χ2v) is 7.59. The Kier molecular flexibility index (Phi) is 5.13. The molecule has 3 heterocycles. The number of nitrogens with one attached hydrogen (secondary N) is 1. The van der Waals surface area contributed by atoms with Gasteiger partial charge in [0.25, 0.3) is 11.7 Å². The summed E-state index contributed by atoms with van der Waals surface area (Å²) in [7, 11) is 0. The Morgan fingerprint density at radius 1 is 1.23 bits per heavy atom. The third-order valence-electron chi connectivity index (χ3n) is 5.15. The Bertz CT molecular complexity index is 1150. The number of pyridine rings is 1. The molecule has 0 bridgehead atoms. The lowest BCUT2D eigenvalue weighted by Gasteiger charge is -2.25. The second-order valence-electron chi connectivity index (χ2n) is 7.15. The van der Waals surface area contributed by atoms with Crippen LogP contribution in [0.1, 0.15) is 34.1 Å². The van der Waals surface area contributed by atoms with Gasteiger partial charge in [-0.15, -0.1) is 0 Å². The first-order chi connectivity index (χ1) is 14.4. The van der Waals surface area contributed by atoms with Gasteiger partial charge in [-0.1, -0.05) is 29.8 Å². The van der Waals surface area contributed by atoms with Crippen LogP contribution in [0.5, 0.6) is 0 Å². The number of aliphatic hydroxyl groups excluding tert-OH is 1. The molecule has 8 heteroatoms. The molecule has 30 heavy (non-hydrogen) atoms. The Hall–Kier alpha value is -3.45. The van der Waals surface area contributed by atoms with E-state index < -0.39 is 17.7 Å². The van der Waals surface area contributed by atoms with Crippen LogP contribution in [-0.4, -0.2) is 36.9 Å². The molecule has 7 nitrogen and oxygen atoms in total. The van der Waals surface area contributed by atoms with E-state index in [1.165, 1.54) is 4.90 Å².